The van der Waals surface area contributed by atoms with Crippen LogP contribution < -0.4 is 0 Å². The number of aliphatic hydroxyl groups is 3. The van der Waals surface area contributed by atoms with Crippen molar-refractivity contribution in [2.24, 2.45) is 5.92 Å². The summed E-state index contributed by atoms with van der Waals surface area (Å²) in [6.07, 6.45) is 2.38. The highest BCUT2D eigenvalue weighted by molar-refractivity contribution is 5.01. The zero-order valence-electron chi connectivity index (χ0n) is 5.64. The Morgan fingerprint density at radius 1 is 1.40 bits per heavy atom. The van der Waals surface area contributed by atoms with Gasteiger partial charge in [0.15, 0.2) is 0 Å². The number of rotatable bonds is 1. The van der Waals surface area contributed by atoms with Crippen molar-refractivity contribution in [1.82, 2.24) is 0 Å². The number of hydrogen-bond acceptors (Lipinski definition) is 3. The summed E-state index contributed by atoms with van der Waals surface area (Å²) in [5.41, 5.74) is 0. The van der Waals surface area contributed by atoms with Crippen molar-refractivity contribution in [2.75, 3.05) is 6.61 Å². The van der Waals surface area contributed by atoms with E-state index in [-0.39, 0.29) is 12.5 Å². The van der Waals surface area contributed by atoms with E-state index in [1.165, 1.54) is 0 Å². The second kappa shape index (κ2) is 3.14. The Morgan fingerprint density at radius 3 is 2.60 bits per heavy atom. The lowest BCUT2D eigenvalue weighted by atomic mass is 9.90. The van der Waals surface area contributed by atoms with E-state index in [4.69, 9.17) is 10.2 Å². The van der Waals surface area contributed by atoms with Crippen LogP contribution >= 0.6 is 0 Å². The van der Waals surface area contributed by atoms with Gasteiger partial charge < -0.3 is 15.3 Å². The molecule has 0 fully saturated rings. The summed E-state index contributed by atoms with van der Waals surface area (Å²) < 4.78 is 0. The van der Waals surface area contributed by atoms with E-state index in [1.807, 2.05) is 0 Å². The zero-order valence-corrected chi connectivity index (χ0v) is 5.64. The van der Waals surface area contributed by atoms with Crippen molar-refractivity contribution in [2.45, 2.75) is 18.6 Å². The maximum Gasteiger partial charge on any atom is 0.0983 e. The second-order valence-corrected chi connectivity index (χ2v) is 2.59. The molecule has 0 aromatic heterocycles. The van der Waals surface area contributed by atoms with Gasteiger partial charge in [-0.25, -0.2) is 0 Å². The Hall–Kier alpha value is -0.380. The van der Waals surface area contributed by atoms with Gasteiger partial charge in [0.2, 0.25) is 0 Å². The molecule has 0 heterocycles. The van der Waals surface area contributed by atoms with Crippen LogP contribution in [-0.4, -0.2) is 34.1 Å². The first-order chi connectivity index (χ1) is 4.75. The molecular formula is C7H12O3. The third-order valence-electron chi connectivity index (χ3n) is 1.84. The smallest absolute Gasteiger partial charge is 0.0983 e. The monoisotopic (exact) mass is 144 g/mol. The highest BCUT2D eigenvalue weighted by Gasteiger charge is 2.25. The molecule has 1 aliphatic rings. The Morgan fingerprint density at radius 2 is 2.10 bits per heavy atom. The molecule has 0 amide bonds. The average molecular weight is 144 g/mol. The predicted molar refractivity (Wildman–Crippen MR) is 36.3 cm³/mol. The van der Waals surface area contributed by atoms with Crippen LogP contribution in [0.2, 0.25) is 0 Å². The molecule has 1 rings (SSSR count). The lowest BCUT2D eigenvalue weighted by Gasteiger charge is -2.25. The summed E-state index contributed by atoms with van der Waals surface area (Å²) in [4.78, 5) is 0. The third-order valence-corrected chi connectivity index (χ3v) is 1.84. The summed E-state index contributed by atoms with van der Waals surface area (Å²) in [6.45, 7) is -0.0669. The Bertz CT molecular complexity index is 133. The zero-order chi connectivity index (χ0) is 7.56. The molecule has 0 spiro atoms. The maximum atomic E-state index is 9.18. The minimum Gasteiger partial charge on any atom is -0.396 e. The fourth-order valence-corrected chi connectivity index (χ4v) is 1.11. The molecule has 3 nitrogen and oxygen atoms in total. The van der Waals surface area contributed by atoms with Crippen molar-refractivity contribution in [1.29, 1.82) is 0 Å². The van der Waals surface area contributed by atoms with Gasteiger partial charge in [-0.05, 0) is 6.42 Å². The molecule has 0 aromatic carbocycles. The largest absolute Gasteiger partial charge is 0.396 e. The van der Waals surface area contributed by atoms with Crippen molar-refractivity contribution in [3.8, 4) is 0 Å². The lowest BCUT2D eigenvalue weighted by molar-refractivity contribution is -0.0155. The van der Waals surface area contributed by atoms with Crippen LogP contribution in [0, 0.1) is 5.92 Å². The molecule has 3 atom stereocenters. The Labute approximate surface area is 59.6 Å². The molecule has 0 radical (unpaired) electrons. The lowest BCUT2D eigenvalue weighted by Crippen LogP contribution is -2.36. The van der Waals surface area contributed by atoms with Gasteiger partial charge in [-0.3, -0.25) is 0 Å². The number of aliphatic hydroxyl groups excluding tert-OH is 3. The van der Waals surface area contributed by atoms with Gasteiger partial charge in [0.1, 0.15) is 0 Å². The van der Waals surface area contributed by atoms with Gasteiger partial charge in [0, 0.05) is 12.5 Å². The topological polar surface area (TPSA) is 60.7 Å². The van der Waals surface area contributed by atoms with E-state index < -0.39 is 12.2 Å². The number of hydrogen-bond donors (Lipinski definition) is 3. The molecular weight excluding hydrogens is 132 g/mol. The van der Waals surface area contributed by atoms with Crippen molar-refractivity contribution in [3.63, 3.8) is 0 Å². The van der Waals surface area contributed by atoms with Crippen molar-refractivity contribution in [3.05, 3.63) is 12.2 Å². The first-order valence-electron chi connectivity index (χ1n) is 3.39. The molecule has 58 valence electrons. The standard InChI is InChI=1S/C7H12O3/c8-4-5-2-1-3-6(9)7(5)10/h1,3,5-10H,2,4H2. The summed E-state index contributed by atoms with van der Waals surface area (Å²) in [7, 11) is 0. The highest BCUT2D eigenvalue weighted by Crippen LogP contribution is 2.18. The quantitative estimate of drug-likeness (QED) is 0.425. The van der Waals surface area contributed by atoms with E-state index >= 15 is 0 Å². The molecule has 1 aliphatic carbocycles. The van der Waals surface area contributed by atoms with Gasteiger partial charge in [-0.15, -0.1) is 0 Å². The minimum absolute atomic E-state index is 0.0669. The molecule has 0 saturated carbocycles. The first-order valence-corrected chi connectivity index (χ1v) is 3.39. The minimum atomic E-state index is -0.800. The third kappa shape index (κ3) is 1.37. The highest BCUT2D eigenvalue weighted by atomic mass is 16.3. The predicted octanol–water partition coefficient (Wildman–Crippen LogP) is -0.723. The molecule has 0 bridgehead atoms. The maximum absolute atomic E-state index is 9.18. The summed E-state index contributed by atoms with van der Waals surface area (Å²) in [5, 5.41) is 26.9. The summed E-state index contributed by atoms with van der Waals surface area (Å²) in [5.74, 6) is -0.194. The number of allylic oxidation sites excluding steroid dienone is 1. The van der Waals surface area contributed by atoms with E-state index in [0.29, 0.717) is 6.42 Å². The van der Waals surface area contributed by atoms with Crippen LogP contribution in [0.25, 0.3) is 0 Å². The van der Waals surface area contributed by atoms with Gasteiger partial charge in [0.25, 0.3) is 0 Å². The van der Waals surface area contributed by atoms with E-state index in [0.717, 1.165) is 0 Å². The normalized spacial score (nSPS) is 40.1. The molecule has 3 heteroatoms. The van der Waals surface area contributed by atoms with Gasteiger partial charge in [0.05, 0.1) is 12.2 Å². The van der Waals surface area contributed by atoms with E-state index in [9.17, 15) is 5.11 Å². The van der Waals surface area contributed by atoms with Crippen LogP contribution in [-0.2, 0) is 0 Å². The van der Waals surface area contributed by atoms with Crippen LogP contribution in [0.15, 0.2) is 12.2 Å². The van der Waals surface area contributed by atoms with Crippen molar-refractivity contribution >= 4 is 0 Å². The fraction of sp³-hybridized carbons (Fsp3) is 0.714. The van der Waals surface area contributed by atoms with Crippen LogP contribution in [0.4, 0.5) is 0 Å². The van der Waals surface area contributed by atoms with E-state index in [1.54, 1.807) is 12.2 Å². The Balaban J connectivity index is 2.56. The molecule has 3 N–H and O–H groups in total. The first kappa shape index (κ1) is 7.72. The second-order valence-electron chi connectivity index (χ2n) is 2.59. The Kier molecular flexibility index (Phi) is 2.43. The molecule has 0 saturated heterocycles. The summed E-state index contributed by atoms with van der Waals surface area (Å²) in [6, 6.07) is 0. The summed E-state index contributed by atoms with van der Waals surface area (Å²) >= 11 is 0. The van der Waals surface area contributed by atoms with Crippen LogP contribution in [0.1, 0.15) is 6.42 Å². The van der Waals surface area contributed by atoms with Crippen molar-refractivity contribution < 1.29 is 15.3 Å². The fourth-order valence-electron chi connectivity index (χ4n) is 1.11. The molecule has 10 heavy (non-hydrogen) atoms. The van der Waals surface area contributed by atoms with Crippen LogP contribution in [0.3, 0.4) is 0 Å². The van der Waals surface area contributed by atoms with Gasteiger partial charge >= 0.3 is 0 Å². The SMILES string of the molecule is OCC1CC=CC(O)C1O. The molecule has 3 unspecified atom stereocenters. The average Bonchev–Trinajstić information content (AvgIpc) is 1.95. The molecule has 0 aliphatic heterocycles. The molecule has 0 aromatic rings. The van der Waals surface area contributed by atoms with Gasteiger partial charge in [-0.1, -0.05) is 12.2 Å². The van der Waals surface area contributed by atoms with Gasteiger partial charge in [-0.2, -0.15) is 0 Å². The van der Waals surface area contributed by atoms with E-state index in [2.05, 4.69) is 0 Å². The van der Waals surface area contributed by atoms with Crippen LogP contribution in [0.5, 0.6) is 0 Å².